The Morgan fingerprint density at radius 1 is 1.27 bits per heavy atom. The predicted molar refractivity (Wildman–Crippen MR) is 99.6 cm³/mol. The fraction of sp³-hybridized carbons (Fsp3) is 0.588. The second kappa shape index (κ2) is 10.1. The molecule has 3 nitrogen and oxygen atoms in total. The molecule has 0 aromatic heterocycles. The first kappa shape index (κ1) is 21.3. The van der Waals surface area contributed by atoms with Crippen molar-refractivity contribution in [2.24, 2.45) is 11.7 Å². The van der Waals surface area contributed by atoms with Gasteiger partial charge in [0.2, 0.25) is 5.91 Å². The van der Waals surface area contributed by atoms with E-state index in [1.165, 1.54) is 0 Å². The van der Waals surface area contributed by atoms with Crippen molar-refractivity contribution in [1.82, 2.24) is 5.32 Å². The monoisotopic (exact) mass is 344 g/mol. The van der Waals surface area contributed by atoms with Crippen LogP contribution in [0.2, 0.25) is 0 Å². The predicted octanol–water partition coefficient (Wildman–Crippen LogP) is 3.78. The van der Waals surface area contributed by atoms with Crippen molar-refractivity contribution < 1.29 is 4.79 Å². The van der Waals surface area contributed by atoms with Crippen molar-refractivity contribution in [2.45, 2.75) is 44.4 Å². The van der Waals surface area contributed by atoms with Gasteiger partial charge in [-0.3, -0.25) is 4.79 Å². The Bertz CT molecular complexity index is 429. The van der Waals surface area contributed by atoms with E-state index in [0.717, 1.165) is 18.4 Å². The Balaban J connectivity index is 0.00000441. The van der Waals surface area contributed by atoms with Crippen molar-refractivity contribution in [3.63, 3.8) is 0 Å². The minimum absolute atomic E-state index is 0. The molecule has 0 spiro atoms. The zero-order valence-corrected chi connectivity index (χ0v) is 15.6. The molecule has 22 heavy (non-hydrogen) atoms. The fourth-order valence-electron chi connectivity index (χ4n) is 2.40. The number of amides is 1. The van der Waals surface area contributed by atoms with E-state index >= 15 is 0 Å². The van der Waals surface area contributed by atoms with Gasteiger partial charge >= 0.3 is 0 Å². The summed E-state index contributed by atoms with van der Waals surface area (Å²) in [4.78, 5) is 12.4. The van der Waals surface area contributed by atoms with E-state index in [0.29, 0.717) is 6.54 Å². The lowest BCUT2D eigenvalue weighted by Crippen LogP contribution is -2.43. The highest BCUT2D eigenvalue weighted by molar-refractivity contribution is 8.00. The number of thioether (sulfide) groups is 1. The van der Waals surface area contributed by atoms with Gasteiger partial charge in [-0.15, -0.1) is 12.4 Å². The van der Waals surface area contributed by atoms with Crippen molar-refractivity contribution in [1.29, 1.82) is 0 Å². The molecule has 2 atom stereocenters. The summed E-state index contributed by atoms with van der Waals surface area (Å²) in [7, 11) is 0. The van der Waals surface area contributed by atoms with Gasteiger partial charge in [0.05, 0.1) is 5.92 Å². The molecule has 3 N–H and O–H groups in total. The molecule has 0 bridgehead atoms. The van der Waals surface area contributed by atoms with Crippen molar-refractivity contribution in [2.75, 3.05) is 12.8 Å². The van der Waals surface area contributed by atoms with Crippen LogP contribution >= 0.6 is 24.2 Å². The molecule has 1 aromatic carbocycles. The van der Waals surface area contributed by atoms with E-state index in [1.54, 1.807) is 0 Å². The van der Waals surface area contributed by atoms with Crippen LogP contribution in [0.15, 0.2) is 30.3 Å². The summed E-state index contributed by atoms with van der Waals surface area (Å²) in [6.07, 6.45) is 4.20. The average molecular weight is 345 g/mol. The van der Waals surface area contributed by atoms with Crippen LogP contribution in [0.3, 0.4) is 0 Å². The molecule has 2 unspecified atom stereocenters. The van der Waals surface area contributed by atoms with Crippen LogP contribution in [0.5, 0.6) is 0 Å². The first-order valence-corrected chi connectivity index (χ1v) is 8.85. The summed E-state index contributed by atoms with van der Waals surface area (Å²) in [5, 5.41) is 3.09. The normalized spacial score (nSPS) is 13.9. The number of rotatable bonds is 8. The summed E-state index contributed by atoms with van der Waals surface area (Å²) >= 11 is 1.83. The van der Waals surface area contributed by atoms with Gasteiger partial charge in [-0.2, -0.15) is 11.8 Å². The standard InChI is InChI=1S/C17H28N2OS.ClH/c1-5-17(6-2,21-4)12-19-16(20)13(3)15(18)14-10-8-7-9-11-14;/h7-11,13,15H,5-6,12,18H2,1-4H3,(H,19,20);1H. The minimum Gasteiger partial charge on any atom is -0.354 e. The topological polar surface area (TPSA) is 55.1 Å². The van der Waals surface area contributed by atoms with Crippen LogP contribution in [0.4, 0.5) is 0 Å². The molecule has 0 radical (unpaired) electrons. The Hall–Kier alpha value is -0.710. The summed E-state index contributed by atoms with van der Waals surface area (Å²) in [5.41, 5.74) is 7.21. The number of nitrogens with two attached hydrogens (primary N) is 1. The molecule has 0 aliphatic heterocycles. The molecule has 0 aliphatic rings. The van der Waals surface area contributed by atoms with E-state index in [4.69, 9.17) is 5.73 Å². The average Bonchev–Trinajstić information content (AvgIpc) is 2.55. The van der Waals surface area contributed by atoms with E-state index in [1.807, 2.05) is 49.0 Å². The van der Waals surface area contributed by atoms with Crippen LogP contribution in [0.25, 0.3) is 0 Å². The van der Waals surface area contributed by atoms with Crippen LogP contribution in [-0.4, -0.2) is 23.5 Å². The lowest BCUT2D eigenvalue weighted by Gasteiger charge is -2.31. The largest absolute Gasteiger partial charge is 0.354 e. The number of nitrogens with one attached hydrogen (secondary N) is 1. The van der Waals surface area contributed by atoms with Crippen LogP contribution < -0.4 is 11.1 Å². The zero-order valence-electron chi connectivity index (χ0n) is 14.0. The third kappa shape index (κ3) is 5.49. The summed E-state index contributed by atoms with van der Waals surface area (Å²) in [6, 6.07) is 9.53. The van der Waals surface area contributed by atoms with E-state index in [-0.39, 0.29) is 35.0 Å². The molecule has 0 fully saturated rings. The maximum atomic E-state index is 12.4. The zero-order chi connectivity index (χ0) is 15.9. The van der Waals surface area contributed by atoms with Gasteiger partial charge in [0.1, 0.15) is 0 Å². The first-order chi connectivity index (χ1) is 9.99. The molecular formula is C17H29ClN2OS. The third-order valence-electron chi connectivity index (χ3n) is 4.44. The van der Waals surface area contributed by atoms with Crippen molar-refractivity contribution in [3.8, 4) is 0 Å². The smallest absolute Gasteiger partial charge is 0.224 e. The molecule has 0 saturated heterocycles. The van der Waals surface area contributed by atoms with E-state index in [9.17, 15) is 4.79 Å². The number of benzene rings is 1. The summed E-state index contributed by atoms with van der Waals surface area (Å²) in [5.74, 6) is -0.202. The molecule has 0 heterocycles. The minimum atomic E-state index is -0.266. The Labute approximate surface area is 145 Å². The van der Waals surface area contributed by atoms with Crippen molar-refractivity contribution in [3.05, 3.63) is 35.9 Å². The van der Waals surface area contributed by atoms with Gasteiger partial charge in [0.15, 0.2) is 0 Å². The lowest BCUT2D eigenvalue weighted by molar-refractivity contribution is -0.125. The Kier molecular flexibility index (Phi) is 9.81. The maximum Gasteiger partial charge on any atom is 0.224 e. The summed E-state index contributed by atoms with van der Waals surface area (Å²) < 4.78 is 0.131. The quantitative estimate of drug-likeness (QED) is 0.754. The van der Waals surface area contributed by atoms with E-state index < -0.39 is 0 Å². The number of carbonyl (C=O) groups is 1. The number of carbonyl (C=O) groups excluding carboxylic acids is 1. The van der Waals surface area contributed by atoms with Gasteiger partial charge in [0.25, 0.3) is 0 Å². The Morgan fingerprint density at radius 3 is 2.27 bits per heavy atom. The molecular weight excluding hydrogens is 316 g/mol. The summed E-state index contributed by atoms with van der Waals surface area (Å²) in [6.45, 7) is 6.94. The molecule has 5 heteroatoms. The van der Waals surface area contributed by atoms with Gasteiger partial charge in [-0.25, -0.2) is 0 Å². The molecule has 1 aromatic rings. The highest BCUT2D eigenvalue weighted by atomic mass is 35.5. The van der Waals surface area contributed by atoms with E-state index in [2.05, 4.69) is 25.4 Å². The first-order valence-electron chi connectivity index (χ1n) is 7.63. The van der Waals surface area contributed by atoms with Crippen molar-refractivity contribution >= 4 is 30.1 Å². The van der Waals surface area contributed by atoms with Crippen LogP contribution in [0.1, 0.15) is 45.2 Å². The molecule has 0 saturated carbocycles. The maximum absolute atomic E-state index is 12.4. The molecule has 1 rings (SSSR count). The number of hydrogen-bond donors (Lipinski definition) is 2. The van der Waals surface area contributed by atoms with Crippen LogP contribution in [-0.2, 0) is 4.79 Å². The van der Waals surface area contributed by atoms with Gasteiger partial charge in [0, 0.05) is 17.3 Å². The van der Waals surface area contributed by atoms with Gasteiger partial charge in [-0.1, -0.05) is 51.1 Å². The van der Waals surface area contributed by atoms with Crippen LogP contribution in [0, 0.1) is 5.92 Å². The number of halogens is 1. The molecule has 0 aliphatic carbocycles. The highest BCUT2D eigenvalue weighted by Crippen LogP contribution is 2.29. The fourth-order valence-corrected chi connectivity index (χ4v) is 3.19. The second-order valence-corrected chi connectivity index (χ2v) is 6.81. The second-order valence-electron chi connectivity index (χ2n) is 5.54. The molecule has 126 valence electrons. The lowest BCUT2D eigenvalue weighted by atomic mass is 9.94. The number of hydrogen-bond acceptors (Lipinski definition) is 3. The van der Waals surface area contributed by atoms with Gasteiger partial charge in [-0.05, 0) is 24.7 Å². The third-order valence-corrected chi connectivity index (χ3v) is 6.03. The Morgan fingerprint density at radius 2 is 1.82 bits per heavy atom. The molecule has 1 amide bonds. The highest BCUT2D eigenvalue weighted by Gasteiger charge is 2.28. The van der Waals surface area contributed by atoms with Gasteiger partial charge < -0.3 is 11.1 Å². The SMILES string of the molecule is CCC(CC)(CNC(=O)C(C)C(N)c1ccccc1)SC.Cl.